The summed E-state index contributed by atoms with van der Waals surface area (Å²) >= 11 is 0. The summed E-state index contributed by atoms with van der Waals surface area (Å²) in [6.45, 7) is 5.86. The lowest BCUT2D eigenvalue weighted by Crippen LogP contribution is -2.15. The maximum Gasteiger partial charge on any atom is 0.412 e. The lowest BCUT2D eigenvalue weighted by atomic mass is 10.0. The zero-order valence-corrected chi connectivity index (χ0v) is 17.9. The van der Waals surface area contributed by atoms with Crippen molar-refractivity contribution in [2.24, 2.45) is 0 Å². The van der Waals surface area contributed by atoms with Gasteiger partial charge >= 0.3 is 6.09 Å². The first-order chi connectivity index (χ1) is 14.4. The Morgan fingerprint density at radius 1 is 1.00 bits per heavy atom. The van der Waals surface area contributed by atoms with E-state index in [1.54, 1.807) is 20.4 Å². The second-order valence-electron chi connectivity index (χ2n) is 7.07. The highest BCUT2D eigenvalue weighted by atomic mass is 16.5. The van der Waals surface area contributed by atoms with Crippen molar-refractivity contribution >= 4 is 11.8 Å². The molecular formula is C24H26N2O4. The van der Waals surface area contributed by atoms with Gasteiger partial charge < -0.3 is 14.2 Å². The summed E-state index contributed by atoms with van der Waals surface area (Å²) < 4.78 is 16.1. The SMILES string of the molecule is COc1cccc(-c2cc(C)cc(NC(=O)OCc3ncc(C)c(OC)c3C)c2)c1. The van der Waals surface area contributed by atoms with Crippen LogP contribution in [-0.2, 0) is 11.3 Å². The highest BCUT2D eigenvalue weighted by Gasteiger charge is 2.12. The molecule has 1 amide bonds. The van der Waals surface area contributed by atoms with Crippen molar-refractivity contribution in [1.29, 1.82) is 0 Å². The molecule has 1 aromatic heterocycles. The minimum atomic E-state index is -0.544. The summed E-state index contributed by atoms with van der Waals surface area (Å²) in [7, 11) is 3.25. The lowest BCUT2D eigenvalue weighted by Gasteiger charge is -2.13. The number of hydrogen-bond acceptors (Lipinski definition) is 5. The molecule has 6 nitrogen and oxygen atoms in total. The van der Waals surface area contributed by atoms with Crippen LogP contribution in [0, 0.1) is 20.8 Å². The molecule has 0 aliphatic carbocycles. The van der Waals surface area contributed by atoms with Gasteiger partial charge in [-0.2, -0.15) is 0 Å². The number of nitrogens with one attached hydrogen (secondary N) is 1. The monoisotopic (exact) mass is 406 g/mol. The lowest BCUT2D eigenvalue weighted by molar-refractivity contribution is 0.153. The van der Waals surface area contributed by atoms with Gasteiger partial charge in [0.05, 0.1) is 19.9 Å². The quantitative estimate of drug-likeness (QED) is 0.590. The van der Waals surface area contributed by atoms with Crippen molar-refractivity contribution < 1.29 is 19.0 Å². The van der Waals surface area contributed by atoms with Crippen LogP contribution in [0.3, 0.4) is 0 Å². The van der Waals surface area contributed by atoms with Gasteiger partial charge in [0.1, 0.15) is 18.1 Å². The minimum Gasteiger partial charge on any atom is -0.497 e. The number of carbonyl (C=O) groups excluding carboxylic acids is 1. The van der Waals surface area contributed by atoms with E-state index in [-0.39, 0.29) is 6.61 Å². The van der Waals surface area contributed by atoms with Gasteiger partial charge in [-0.25, -0.2) is 4.79 Å². The average Bonchev–Trinajstić information content (AvgIpc) is 2.73. The first-order valence-corrected chi connectivity index (χ1v) is 9.60. The second kappa shape index (κ2) is 9.31. The number of anilines is 1. The van der Waals surface area contributed by atoms with Gasteiger partial charge in [0, 0.05) is 23.0 Å². The molecule has 0 spiro atoms. The Balaban J connectivity index is 1.72. The van der Waals surface area contributed by atoms with E-state index in [0.29, 0.717) is 11.4 Å². The summed E-state index contributed by atoms with van der Waals surface area (Å²) in [5, 5.41) is 2.80. The van der Waals surface area contributed by atoms with Crippen LogP contribution in [-0.4, -0.2) is 25.3 Å². The molecule has 0 fully saturated rings. The van der Waals surface area contributed by atoms with E-state index >= 15 is 0 Å². The number of hydrogen-bond donors (Lipinski definition) is 1. The van der Waals surface area contributed by atoms with Gasteiger partial charge in [0.2, 0.25) is 0 Å². The predicted molar refractivity (Wildman–Crippen MR) is 117 cm³/mol. The van der Waals surface area contributed by atoms with Crippen LogP contribution in [0.2, 0.25) is 0 Å². The molecule has 2 aromatic carbocycles. The molecule has 0 aliphatic rings. The Labute approximate surface area is 176 Å². The number of pyridine rings is 1. The van der Waals surface area contributed by atoms with Gasteiger partial charge in [0.25, 0.3) is 0 Å². The fraction of sp³-hybridized carbons (Fsp3) is 0.250. The number of methoxy groups -OCH3 is 2. The number of nitrogens with zero attached hydrogens (tertiary/aromatic N) is 1. The van der Waals surface area contributed by atoms with Crippen LogP contribution < -0.4 is 14.8 Å². The third kappa shape index (κ3) is 4.89. The van der Waals surface area contributed by atoms with E-state index in [1.807, 2.05) is 57.2 Å². The molecule has 0 bridgehead atoms. The molecule has 0 unspecified atom stereocenters. The van der Waals surface area contributed by atoms with Crippen LogP contribution >= 0.6 is 0 Å². The number of benzene rings is 2. The Morgan fingerprint density at radius 2 is 1.80 bits per heavy atom. The van der Waals surface area contributed by atoms with Crippen molar-refractivity contribution in [3.8, 4) is 22.6 Å². The van der Waals surface area contributed by atoms with Crippen LogP contribution in [0.15, 0.2) is 48.7 Å². The highest BCUT2D eigenvalue weighted by Crippen LogP contribution is 2.28. The van der Waals surface area contributed by atoms with Crippen molar-refractivity contribution in [3.63, 3.8) is 0 Å². The number of amides is 1. The van der Waals surface area contributed by atoms with Gasteiger partial charge in [-0.1, -0.05) is 18.2 Å². The van der Waals surface area contributed by atoms with Crippen LogP contribution in [0.1, 0.15) is 22.4 Å². The molecule has 1 heterocycles. The zero-order valence-electron chi connectivity index (χ0n) is 17.9. The Bertz CT molecular complexity index is 1060. The zero-order chi connectivity index (χ0) is 21.7. The summed E-state index contributed by atoms with van der Waals surface area (Å²) in [4.78, 5) is 16.7. The van der Waals surface area contributed by atoms with Gasteiger partial charge in [-0.15, -0.1) is 0 Å². The largest absolute Gasteiger partial charge is 0.497 e. The number of aryl methyl sites for hydroxylation is 2. The van der Waals surface area contributed by atoms with Crippen LogP contribution in [0.4, 0.5) is 10.5 Å². The molecule has 6 heteroatoms. The van der Waals surface area contributed by atoms with Crippen molar-refractivity contribution in [3.05, 3.63) is 71.0 Å². The Kier molecular flexibility index (Phi) is 6.57. The van der Waals surface area contributed by atoms with Gasteiger partial charge in [-0.05, 0) is 61.7 Å². The molecule has 3 rings (SSSR count). The minimum absolute atomic E-state index is 0.0584. The van der Waals surface area contributed by atoms with Gasteiger partial charge in [-0.3, -0.25) is 10.3 Å². The number of aromatic nitrogens is 1. The highest BCUT2D eigenvalue weighted by molar-refractivity contribution is 5.86. The van der Waals surface area contributed by atoms with Crippen molar-refractivity contribution in [2.45, 2.75) is 27.4 Å². The van der Waals surface area contributed by atoms with E-state index in [1.165, 1.54) is 0 Å². The summed E-state index contributed by atoms with van der Waals surface area (Å²) in [6, 6.07) is 13.6. The molecule has 0 saturated heterocycles. The van der Waals surface area contributed by atoms with E-state index in [9.17, 15) is 4.79 Å². The molecular weight excluding hydrogens is 380 g/mol. The fourth-order valence-electron chi connectivity index (χ4n) is 3.33. The molecule has 1 N–H and O–H groups in total. The number of ether oxygens (including phenoxy) is 3. The van der Waals surface area contributed by atoms with Crippen molar-refractivity contribution in [2.75, 3.05) is 19.5 Å². The Hall–Kier alpha value is -3.54. The first-order valence-electron chi connectivity index (χ1n) is 9.60. The normalized spacial score (nSPS) is 10.4. The maximum atomic E-state index is 12.4. The van der Waals surface area contributed by atoms with Crippen LogP contribution in [0.5, 0.6) is 11.5 Å². The standard InChI is InChI=1S/C24H26N2O4/c1-15-9-19(18-7-6-8-21(12-18)28-4)11-20(10-15)26-24(27)30-14-22-17(3)23(29-5)16(2)13-25-22/h6-13H,14H2,1-5H3,(H,26,27). The molecule has 0 atom stereocenters. The molecule has 156 valence electrons. The second-order valence-corrected chi connectivity index (χ2v) is 7.07. The van der Waals surface area contributed by atoms with Crippen molar-refractivity contribution in [1.82, 2.24) is 4.98 Å². The van der Waals surface area contributed by atoms with E-state index in [4.69, 9.17) is 14.2 Å². The van der Waals surface area contributed by atoms with Crippen LogP contribution in [0.25, 0.3) is 11.1 Å². The molecule has 0 saturated carbocycles. The fourth-order valence-corrected chi connectivity index (χ4v) is 3.33. The average molecular weight is 406 g/mol. The molecule has 30 heavy (non-hydrogen) atoms. The summed E-state index contributed by atoms with van der Waals surface area (Å²) in [5.74, 6) is 1.53. The first kappa shape index (κ1) is 21.2. The van der Waals surface area contributed by atoms with E-state index in [2.05, 4.69) is 16.4 Å². The maximum absolute atomic E-state index is 12.4. The smallest absolute Gasteiger partial charge is 0.412 e. The molecule has 0 aliphatic heterocycles. The third-order valence-corrected chi connectivity index (χ3v) is 4.82. The Morgan fingerprint density at radius 3 is 2.53 bits per heavy atom. The molecule has 0 radical (unpaired) electrons. The topological polar surface area (TPSA) is 69.7 Å². The number of carbonyl (C=O) groups is 1. The molecule has 3 aromatic rings. The number of rotatable bonds is 6. The third-order valence-electron chi connectivity index (χ3n) is 4.82. The summed E-state index contributed by atoms with van der Waals surface area (Å²) in [6.07, 6.45) is 1.17. The van der Waals surface area contributed by atoms with Gasteiger partial charge in [0.15, 0.2) is 0 Å². The van der Waals surface area contributed by atoms with E-state index in [0.717, 1.165) is 39.3 Å². The summed E-state index contributed by atoms with van der Waals surface area (Å²) in [5.41, 5.74) is 6.12. The predicted octanol–water partition coefficient (Wildman–Crippen LogP) is 5.44. The van der Waals surface area contributed by atoms with E-state index < -0.39 is 6.09 Å².